The minimum atomic E-state index is 0.273. The van der Waals surface area contributed by atoms with Gasteiger partial charge in [0.2, 0.25) is 0 Å². The fourth-order valence-corrected chi connectivity index (χ4v) is 1.65. The standard InChI is InChI=1S/C11H10BrN3/c12-11-4-2-1-3-10(11)9-15(7-5-13)8-6-14/h1-4H,7-9H2. The highest BCUT2D eigenvalue weighted by Crippen LogP contribution is 2.17. The number of hydrogen-bond donors (Lipinski definition) is 0. The zero-order chi connectivity index (χ0) is 11.1. The second-order valence-corrected chi connectivity index (χ2v) is 3.91. The molecule has 0 saturated carbocycles. The monoisotopic (exact) mass is 263 g/mol. The fourth-order valence-electron chi connectivity index (χ4n) is 1.24. The van der Waals surface area contributed by atoms with Crippen LogP contribution in [0.1, 0.15) is 5.56 Å². The van der Waals surface area contributed by atoms with Crippen LogP contribution in [0.25, 0.3) is 0 Å². The summed E-state index contributed by atoms with van der Waals surface area (Å²) in [7, 11) is 0. The summed E-state index contributed by atoms with van der Waals surface area (Å²) in [6.45, 7) is 1.16. The predicted octanol–water partition coefficient (Wildman–Crippen LogP) is 2.30. The van der Waals surface area contributed by atoms with E-state index in [0.29, 0.717) is 6.54 Å². The van der Waals surface area contributed by atoms with Gasteiger partial charge < -0.3 is 0 Å². The first-order valence-electron chi connectivity index (χ1n) is 4.47. The minimum Gasteiger partial charge on any atom is -0.273 e. The van der Waals surface area contributed by atoms with E-state index in [1.807, 2.05) is 24.3 Å². The van der Waals surface area contributed by atoms with E-state index in [4.69, 9.17) is 10.5 Å². The van der Waals surface area contributed by atoms with Crippen molar-refractivity contribution in [2.24, 2.45) is 0 Å². The van der Waals surface area contributed by atoms with Crippen LogP contribution >= 0.6 is 15.9 Å². The van der Waals surface area contributed by atoms with Gasteiger partial charge in [-0.25, -0.2) is 0 Å². The lowest BCUT2D eigenvalue weighted by Crippen LogP contribution is -2.24. The van der Waals surface area contributed by atoms with Crippen molar-refractivity contribution in [1.29, 1.82) is 10.5 Å². The molecule has 76 valence electrons. The van der Waals surface area contributed by atoms with Gasteiger partial charge in [0, 0.05) is 11.0 Å². The molecular formula is C11H10BrN3. The molecule has 1 aromatic carbocycles. The third-order valence-corrected chi connectivity index (χ3v) is 2.71. The molecule has 0 N–H and O–H groups in total. The van der Waals surface area contributed by atoms with Gasteiger partial charge >= 0.3 is 0 Å². The van der Waals surface area contributed by atoms with E-state index in [1.165, 1.54) is 0 Å². The highest BCUT2D eigenvalue weighted by molar-refractivity contribution is 9.10. The number of hydrogen-bond acceptors (Lipinski definition) is 3. The van der Waals surface area contributed by atoms with Crippen molar-refractivity contribution in [1.82, 2.24) is 4.90 Å². The largest absolute Gasteiger partial charge is 0.273 e. The predicted molar refractivity (Wildman–Crippen MR) is 60.6 cm³/mol. The number of rotatable bonds is 4. The van der Waals surface area contributed by atoms with E-state index in [1.54, 1.807) is 4.90 Å². The Morgan fingerprint density at radius 1 is 1.13 bits per heavy atom. The summed E-state index contributed by atoms with van der Waals surface area (Å²) in [5, 5.41) is 17.2. The van der Waals surface area contributed by atoms with Crippen LogP contribution in [-0.2, 0) is 6.54 Å². The SMILES string of the molecule is N#CCN(CC#N)Cc1ccccc1Br. The molecule has 4 heteroatoms. The molecule has 0 aromatic heterocycles. The van der Waals surface area contributed by atoms with E-state index in [2.05, 4.69) is 28.1 Å². The third kappa shape index (κ3) is 3.71. The van der Waals surface area contributed by atoms with E-state index < -0.39 is 0 Å². The number of halogens is 1. The van der Waals surface area contributed by atoms with Gasteiger partial charge in [0.25, 0.3) is 0 Å². The number of nitrogens with zero attached hydrogens (tertiary/aromatic N) is 3. The smallest absolute Gasteiger partial charge is 0.0877 e. The van der Waals surface area contributed by atoms with Crippen molar-refractivity contribution in [3.63, 3.8) is 0 Å². The molecule has 0 atom stereocenters. The second kappa shape index (κ2) is 6.19. The minimum absolute atomic E-state index is 0.273. The van der Waals surface area contributed by atoms with Crippen LogP contribution in [0.4, 0.5) is 0 Å². The Morgan fingerprint density at radius 2 is 1.73 bits per heavy atom. The lowest BCUT2D eigenvalue weighted by Gasteiger charge is -2.15. The molecule has 0 spiro atoms. The Bertz CT molecular complexity index is 387. The maximum Gasteiger partial charge on any atom is 0.0877 e. The molecule has 0 aliphatic carbocycles. The number of nitriles is 2. The molecule has 0 bridgehead atoms. The van der Waals surface area contributed by atoms with Gasteiger partial charge in [-0.3, -0.25) is 4.90 Å². The molecule has 1 rings (SSSR count). The van der Waals surface area contributed by atoms with Gasteiger partial charge in [0.1, 0.15) is 0 Å². The van der Waals surface area contributed by atoms with Crippen molar-refractivity contribution in [2.45, 2.75) is 6.54 Å². The Kier molecular flexibility index (Phi) is 4.83. The second-order valence-electron chi connectivity index (χ2n) is 3.05. The molecular weight excluding hydrogens is 254 g/mol. The van der Waals surface area contributed by atoms with Gasteiger partial charge in [-0.15, -0.1) is 0 Å². The quantitative estimate of drug-likeness (QED) is 0.784. The summed E-state index contributed by atoms with van der Waals surface area (Å²) < 4.78 is 1.01. The maximum absolute atomic E-state index is 8.60. The Hall–Kier alpha value is -1.36. The molecule has 0 radical (unpaired) electrons. The Balaban J connectivity index is 2.71. The maximum atomic E-state index is 8.60. The van der Waals surface area contributed by atoms with E-state index >= 15 is 0 Å². The third-order valence-electron chi connectivity index (χ3n) is 1.94. The van der Waals surface area contributed by atoms with Crippen LogP contribution in [0.15, 0.2) is 28.7 Å². The average molecular weight is 264 g/mol. The molecule has 3 nitrogen and oxygen atoms in total. The molecule has 0 aliphatic rings. The van der Waals surface area contributed by atoms with E-state index in [0.717, 1.165) is 10.0 Å². The van der Waals surface area contributed by atoms with Crippen LogP contribution in [0.2, 0.25) is 0 Å². The first kappa shape index (κ1) is 11.7. The fraction of sp³-hybridized carbons (Fsp3) is 0.273. The van der Waals surface area contributed by atoms with Crippen LogP contribution in [-0.4, -0.2) is 18.0 Å². The van der Waals surface area contributed by atoms with E-state index in [9.17, 15) is 0 Å². The molecule has 0 fully saturated rings. The molecule has 0 saturated heterocycles. The average Bonchev–Trinajstić information content (AvgIpc) is 2.22. The number of benzene rings is 1. The molecule has 0 aliphatic heterocycles. The van der Waals surface area contributed by atoms with Gasteiger partial charge in [0.15, 0.2) is 0 Å². The van der Waals surface area contributed by atoms with Crippen LogP contribution in [0.3, 0.4) is 0 Å². The first-order chi connectivity index (χ1) is 7.27. The summed E-state index contributed by atoms with van der Waals surface area (Å²) in [5.41, 5.74) is 1.09. The summed E-state index contributed by atoms with van der Waals surface area (Å²) in [5.74, 6) is 0. The summed E-state index contributed by atoms with van der Waals surface area (Å²) in [6, 6.07) is 11.9. The molecule has 15 heavy (non-hydrogen) atoms. The lowest BCUT2D eigenvalue weighted by molar-refractivity contribution is 0.334. The summed E-state index contributed by atoms with van der Waals surface area (Å²) in [4.78, 5) is 1.79. The molecule has 0 amide bonds. The molecule has 0 unspecified atom stereocenters. The van der Waals surface area contributed by atoms with Crippen LogP contribution < -0.4 is 0 Å². The lowest BCUT2D eigenvalue weighted by atomic mass is 10.2. The Morgan fingerprint density at radius 3 is 2.27 bits per heavy atom. The van der Waals surface area contributed by atoms with Crippen molar-refractivity contribution in [2.75, 3.05) is 13.1 Å². The summed E-state index contributed by atoms with van der Waals surface area (Å²) in [6.07, 6.45) is 0. The van der Waals surface area contributed by atoms with Gasteiger partial charge in [-0.2, -0.15) is 10.5 Å². The molecule has 0 heterocycles. The highest BCUT2D eigenvalue weighted by Gasteiger charge is 2.06. The van der Waals surface area contributed by atoms with Gasteiger partial charge in [0.05, 0.1) is 25.2 Å². The van der Waals surface area contributed by atoms with E-state index in [-0.39, 0.29) is 13.1 Å². The van der Waals surface area contributed by atoms with Crippen molar-refractivity contribution >= 4 is 15.9 Å². The van der Waals surface area contributed by atoms with Crippen molar-refractivity contribution < 1.29 is 0 Å². The van der Waals surface area contributed by atoms with Gasteiger partial charge in [-0.05, 0) is 11.6 Å². The van der Waals surface area contributed by atoms with Crippen LogP contribution in [0.5, 0.6) is 0 Å². The van der Waals surface area contributed by atoms with Gasteiger partial charge in [-0.1, -0.05) is 34.1 Å². The first-order valence-corrected chi connectivity index (χ1v) is 5.27. The van der Waals surface area contributed by atoms with Crippen molar-refractivity contribution in [3.05, 3.63) is 34.3 Å². The topological polar surface area (TPSA) is 50.8 Å². The highest BCUT2D eigenvalue weighted by atomic mass is 79.9. The molecule has 1 aromatic rings. The Labute approximate surface area is 97.7 Å². The zero-order valence-electron chi connectivity index (χ0n) is 8.15. The summed E-state index contributed by atoms with van der Waals surface area (Å²) >= 11 is 3.43. The normalized spacial score (nSPS) is 9.60. The zero-order valence-corrected chi connectivity index (χ0v) is 9.74. The van der Waals surface area contributed by atoms with Crippen LogP contribution in [0, 0.1) is 22.7 Å². The van der Waals surface area contributed by atoms with Crippen molar-refractivity contribution in [3.8, 4) is 12.1 Å².